The molecule has 1 aromatic heterocycles. The number of rotatable bonds is 8. The number of aryl methyl sites for hydroxylation is 1. The molecule has 1 aromatic rings. The molecule has 0 atom stereocenters. The molecule has 0 aromatic carbocycles. The van der Waals surface area contributed by atoms with Gasteiger partial charge in [-0.25, -0.2) is 0 Å². The summed E-state index contributed by atoms with van der Waals surface area (Å²) in [5.74, 6) is 3.11. The van der Waals surface area contributed by atoms with Gasteiger partial charge >= 0.3 is 0 Å². The van der Waals surface area contributed by atoms with Crippen LogP contribution in [0.5, 0.6) is 0 Å². The summed E-state index contributed by atoms with van der Waals surface area (Å²) in [5, 5.41) is 3.71. The molecule has 3 rings (SSSR count). The smallest absolute Gasteiger partial charge is 0.0359 e. The van der Waals surface area contributed by atoms with E-state index in [1.807, 2.05) is 0 Å². The second-order valence-electron chi connectivity index (χ2n) is 6.16. The van der Waals surface area contributed by atoms with Crippen molar-refractivity contribution < 1.29 is 0 Å². The van der Waals surface area contributed by atoms with Gasteiger partial charge in [0.1, 0.15) is 0 Å². The minimum Gasteiger partial charge on any atom is -0.350 e. The van der Waals surface area contributed by atoms with E-state index in [1.54, 1.807) is 0 Å². The molecule has 0 bridgehead atoms. The molecule has 0 unspecified atom stereocenters. The first-order valence-electron chi connectivity index (χ1n) is 7.73. The molecular weight excluding hydrogens is 220 g/mol. The van der Waals surface area contributed by atoms with E-state index in [1.165, 1.54) is 44.3 Å². The lowest BCUT2D eigenvalue weighted by Gasteiger charge is -2.17. The van der Waals surface area contributed by atoms with E-state index in [-0.39, 0.29) is 0 Å². The summed E-state index contributed by atoms with van der Waals surface area (Å²) in [7, 11) is 0. The van der Waals surface area contributed by atoms with Crippen molar-refractivity contribution >= 4 is 0 Å². The molecule has 1 heterocycles. The normalized spacial score (nSPS) is 19.7. The van der Waals surface area contributed by atoms with Gasteiger partial charge in [-0.3, -0.25) is 0 Å². The van der Waals surface area contributed by atoms with Crippen LogP contribution in [0.1, 0.15) is 44.7 Å². The first-order valence-corrected chi connectivity index (χ1v) is 7.73. The molecule has 0 saturated heterocycles. The van der Waals surface area contributed by atoms with Crippen molar-refractivity contribution in [1.82, 2.24) is 9.88 Å². The maximum Gasteiger partial charge on any atom is 0.0359 e. The molecule has 2 saturated carbocycles. The third-order valence-corrected chi connectivity index (χ3v) is 4.53. The molecule has 2 fully saturated rings. The Morgan fingerprint density at radius 2 is 2.00 bits per heavy atom. The lowest BCUT2D eigenvalue weighted by Crippen LogP contribution is -2.26. The predicted molar refractivity (Wildman–Crippen MR) is 75.4 cm³/mol. The second kappa shape index (κ2) is 5.48. The van der Waals surface area contributed by atoms with Crippen molar-refractivity contribution in [2.45, 2.75) is 52.1 Å². The lowest BCUT2D eigenvalue weighted by atomic mass is 9.98. The molecule has 2 nitrogen and oxygen atoms in total. The molecule has 0 amide bonds. The van der Waals surface area contributed by atoms with E-state index in [9.17, 15) is 0 Å². The van der Waals surface area contributed by atoms with Crippen LogP contribution in [-0.4, -0.2) is 11.1 Å². The molecule has 0 radical (unpaired) electrons. The topological polar surface area (TPSA) is 17.0 Å². The lowest BCUT2D eigenvalue weighted by molar-refractivity contribution is 0.376. The molecule has 2 aliphatic carbocycles. The Hall–Kier alpha value is -0.760. The van der Waals surface area contributed by atoms with E-state index in [0.29, 0.717) is 0 Å². The molecular formula is C16H26N2. The SMILES string of the molecule is CCCn1cccc1CNCC(C1CC1)C1CC1. The van der Waals surface area contributed by atoms with Crippen LogP contribution in [0.4, 0.5) is 0 Å². The van der Waals surface area contributed by atoms with Crippen LogP contribution >= 0.6 is 0 Å². The van der Waals surface area contributed by atoms with Crippen molar-refractivity contribution in [3.63, 3.8) is 0 Å². The van der Waals surface area contributed by atoms with Gasteiger partial charge in [-0.05, 0) is 68.5 Å². The minimum absolute atomic E-state index is 0.986. The fraction of sp³-hybridized carbons (Fsp3) is 0.750. The minimum atomic E-state index is 0.986. The molecule has 1 N–H and O–H groups in total. The fourth-order valence-electron chi connectivity index (χ4n) is 3.20. The first kappa shape index (κ1) is 12.3. The summed E-state index contributed by atoms with van der Waals surface area (Å²) in [5.41, 5.74) is 1.45. The first-order chi connectivity index (χ1) is 8.88. The summed E-state index contributed by atoms with van der Waals surface area (Å²) in [6, 6.07) is 4.43. The molecule has 0 aliphatic heterocycles. The maximum atomic E-state index is 3.71. The van der Waals surface area contributed by atoms with Crippen molar-refractivity contribution in [3.8, 4) is 0 Å². The monoisotopic (exact) mass is 246 g/mol. The van der Waals surface area contributed by atoms with E-state index >= 15 is 0 Å². The quantitative estimate of drug-likeness (QED) is 0.743. The fourth-order valence-corrected chi connectivity index (χ4v) is 3.20. The van der Waals surface area contributed by atoms with Gasteiger partial charge in [0, 0.05) is 25.0 Å². The molecule has 0 spiro atoms. The Kier molecular flexibility index (Phi) is 3.74. The zero-order valence-electron chi connectivity index (χ0n) is 11.6. The molecule has 100 valence electrons. The van der Waals surface area contributed by atoms with Crippen molar-refractivity contribution in [3.05, 3.63) is 24.0 Å². The van der Waals surface area contributed by atoms with Gasteiger partial charge < -0.3 is 9.88 Å². The molecule has 18 heavy (non-hydrogen) atoms. The summed E-state index contributed by atoms with van der Waals surface area (Å²) in [6.07, 6.45) is 9.41. The number of hydrogen-bond donors (Lipinski definition) is 1. The van der Waals surface area contributed by atoms with Gasteiger partial charge in [0.2, 0.25) is 0 Å². The average Bonchev–Trinajstić information content (AvgIpc) is 3.27. The van der Waals surface area contributed by atoms with E-state index in [2.05, 4.69) is 35.1 Å². The highest BCUT2D eigenvalue weighted by Gasteiger charge is 2.40. The van der Waals surface area contributed by atoms with Crippen molar-refractivity contribution in [2.24, 2.45) is 17.8 Å². The third kappa shape index (κ3) is 2.97. The van der Waals surface area contributed by atoms with Crippen LogP contribution in [0.3, 0.4) is 0 Å². The Bertz CT molecular complexity index is 362. The van der Waals surface area contributed by atoms with E-state index < -0.39 is 0 Å². The number of nitrogens with one attached hydrogen (secondary N) is 1. The summed E-state index contributed by atoms with van der Waals surface area (Å²) < 4.78 is 2.39. The zero-order valence-corrected chi connectivity index (χ0v) is 11.6. The standard InChI is InChI=1S/C16H26N2/c1-2-9-18-10-3-4-15(18)11-17-12-16(13-5-6-13)14-7-8-14/h3-4,10,13-14,16-17H,2,5-9,11-12H2,1H3. The van der Waals surface area contributed by atoms with Crippen molar-refractivity contribution in [2.75, 3.05) is 6.54 Å². The second-order valence-corrected chi connectivity index (χ2v) is 6.16. The van der Waals surface area contributed by atoms with Crippen LogP contribution in [0.15, 0.2) is 18.3 Å². The number of nitrogens with zero attached hydrogens (tertiary/aromatic N) is 1. The maximum absolute atomic E-state index is 3.71. The van der Waals surface area contributed by atoms with Crippen molar-refractivity contribution in [1.29, 1.82) is 0 Å². The van der Waals surface area contributed by atoms with Gasteiger partial charge in [0.15, 0.2) is 0 Å². The van der Waals surface area contributed by atoms with Gasteiger partial charge in [-0.2, -0.15) is 0 Å². The molecule has 2 heteroatoms. The van der Waals surface area contributed by atoms with Crippen LogP contribution in [-0.2, 0) is 13.1 Å². The predicted octanol–water partition coefficient (Wildman–Crippen LogP) is 3.42. The Morgan fingerprint density at radius 1 is 1.28 bits per heavy atom. The molecule has 2 aliphatic rings. The summed E-state index contributed by atoms with van der Waals surface area (Å²) >= 11 is 0. The zero-order chi connectivity index (χ0) is 12.4. The largest absolute Gasteiger partial charge is 0.350 e. The number of hydrogen-bond acceptors (Lipinski definition) is 1. The highest BCUT2D eigenvalue weighted by molar-refractivity contribution is 5.07. The number of aromatic nitrogens is 1. The van der Waals surface area contributed by atoms with Gasteiger partial charge in [0.25, 0.3) is 0 Å². The highest BCUT2D eigenvalue weighted by Crippen LogP contribution is 2.48. The summed E-state index contributed by atoms with van der Waals surface area (Å²) in [4.78, 5) is 0. The van der Waals surface area contributed by atoms with Gasteiger partial charge in [0.05, 0.1) is 0 Å². The van der Waals surface area contributed by atoms with Crippen LogP contribution in [0, 0.1) is 17.8 Å². The third-order valence-electron chi connectivity index (χ3n) is 4.53. The summed E-state index contributed by atoms with van der Waals surface area (Å²) in [6.45, 7) is 5.68. The average molecular weight is 246 g/mol. The van der Waals surface area contributed by atoms with E-state index in [0.717, 1.165) is 30.8 Å². The van der Waals surface area contributed by atoms with Gasteiger partial charge in [-0.1, -0.05) is 6.92 Å². The van der Waals surface area contributed by atoms with Crippen LogP contribution in [0.2, 0.25) is 0 Å². The Balaban J connectivity index is 1.46. The Morgan fingerprint density at radius 3 is 2.61 bits per heavy atom. The Labute approximate surface area is 111 Å². The highest BCUT2D eigenvalue weighted by atomic mass is 15.0. The van der Waals surface area contributed by atoms with Crippen LogP contribution < -0.4 is 5.32 Å². The van der Waals surface area contributed by atoms with Crippen LogP contribution in [0.25, 0.3) is 0 Å². The van der Waals surface area contributed by atoms with Gasteiger partial charge in [-0.15, -0.1) is 0 Å². The van der Waals surface area contributed by atoms with E-state index in [4.69, 9.17) is 0 Å².